The molecule has 8 nitrogen and oxygen atoms in total. The van der Waals surface area contributed by atoms with Crippen LogP contribution in [0.1, 0.15) is 30.7 Å². The molecule has 1 atom stereocenters. The van der Waals surface area contributed by atoms with Crippen LogP contribution in [0.15, 0.2) is 74.4 Å². The van der Waals surface area contributed by atoms with E-state index >= 15 is 0 Å². The minimum absolute atomic E-state index is 0.113. The maximum Gasteiger partial charge on any atom is 0.338 e. The molecule has 34 heavy (non-hydrogen) atoms. The summed E-state index contributed by atoms with van der Waals surface area (Å²) in [6.45, 7) is 2.50. The lowest BCUT2D eigenvalue weighted by molar-refractivity contribution is -0.141. The molecule has 4 rings (SSSR count). The first kappa shape index (κ1) is 24.1. The van der Waals surface area contributed by atoms with Crippen molar-refractivity contribution in [1.29, 1.82) is 0 Å². The van der Waals surface area contributed by atoms with E-state index in [1.165, 1.54) is 11.8 Å². The molecule has 2 aliphatic rings. The van der Waals surface area contributed by atoms with Crippen LogP contribution in [0.5, 0.6) is 0 Å². The maximum absolute atomic E-state index is 13.1. The number of methoxy groups -OCH3 is 1. The summed E-state index contributed by atoms with van der Waals surface area (Å²) in [6, 6.07) is 10.3. The van der Waals surface area contributed by atoms with Gasteiger partial charge in [-0.15, -0.1) is 0 Å². The number of carbonyl (C=O) groups excluding carboxylic acids is 2. The summed E-state index contributed by atoms with van der Waals surface area (Å²) in [7, 11) is 1.54. The molecule has 0 aliphatic carbocycles. The average Bonchev–Trinajstić information content (AvgIpc) is 3.48. The fourth-order valence-corrected chi connectivity index (χ4v) is 4.80. The monoisotopic (exact) mass is 501 g/mol. The van der Waals surface area contributed by atoms with E-state index < -0.39 is 12.0 Å². The van der Waals surface area contributed by atoms with Gasteiger partial charge in [0.1, 0.15) is 12.4 Å². The van der Waals surface area contributed by atoms with Crippen molar-refractivity contribution in [2.75, 3.05) is 20.3 Å². The van der Waals surface area contributed by atoms with Crippen molar-refractivity contribution >= 4 is 40.4 Å². The molecule has 0 bridgehead atoms. The number of fused-ring (bicyclic) bond motifs is 1. The molecule has 0 fully saturated rings. The zero-order valence-electron chi connectivity index (χ0n) is 18.7. The van der Waals surface area contributed by atoms with Crippen molar-refractivity contribution < 1.29 is 23.5 Å². The first-order valence-electron chi connectivity index (χ1n) is 10.6. The van der Waals surface area contributed by atoms with Crippen LogP contribution in [0.25, 0.3) is 0 Å². The number of halogens is 1. The lowest BCUT2D eigenvalue weighted by atomic mass is 9.94. The number of thioether (sulfide) groups is 1. The first-order valence-corrected chi connectivity index (χ1v) is 11.9. The van der Waals surface area contributed by atoms with Gasteiger partial charge in [0.2, 0.25) is 5.91 Å². The molecular weight excluding hydrogens is 478 g/mol. The number of benzene rings is 1. The second kappa shape index (κ2) is 10.9. The first-order chi connectivity index (χ1) is 16.5. The zero-order valence-corrected chi connectivity index (χ0v) is 20.3. The zero-order chi connectivity index (χ0) is 24.1. The number of hydrogen-bond acceptors (Lipinski definition) is 8. The van der Waals surface area contributed by atoms with E-state index in [0.29, 0.717) is 40.4 Å². The van der Waals surface area contributed by atoms with E-state index in [9.17, 15) is 9.59 Å². The van der Waals surface area contributed by atoms with Gasteiger partial charge in [-0.05, 0) is 42.2 Å². The van der Waals surface area contributed by atoms with E-state index in [1.807, 2.05) is 22.4 Å². The van der Waals surface area contributed by atoms with Crippen LogP contribution >= 0.6 is 23.4 Å². The highest BCUT2D eigenvalue weighted by Gasteiger charge is 2.41. The van der Waals surface area contributed by atoms with Gasteiger partial charge in [0, 0.05) is 17.8 Å². The Morgan fingerprint density at radius 2 is 2.03 bits per heavy atom. The highest BCUT2D eigenvalue weighted by Crippen LogP contribution is 2.44. The Hall–Kier alpha value is -3.01. The summed E-state index contributed by atoms with van der Waals surface area (Å²) in [6.07, 6.45) is 1.68. The molecule has 1 aromatic carbocycles. The number of allylic oxidation sites excluding steroid dienone is 1. The third-order valence-corrected chi connectivity index (χ3v) is 6.45. The molecule has 3 heterocycles. The maximum atomic E-state index is 13.1. The highest BCUT2D eigenvalue weighted by atomic mass is 35.5. The number of furan rings is 1. The molecule has 1 aromatic heterocycles. The molecule has 0 radical (unpaired) electrons. The summed E-state index contributed by atoms with van der Waals surface area (Å²) >= 11 is 7.53. The summed E-state index contributed by atoms with van der Waals surface area (Å²) < 4.78 is 15.7. The molecule has 0 unspecified atom stereocenters. The van der Waals surface area contributed by atoms with Crippen molar-refractivity contribution in [3.63, 3.8) is 0 Å². The fourth-order valence-electron chi connectivity index (χ4n) is 3.71. The van der Waals surface area contributed by atoms with Crippen LogP contribution in [-0.2, 0) is 25.6 Å². The van der Waals surface area contributed by atoms with Crippen molar-refractivity contribution in [3.8, 4) is 0 Å². The van der Waals surface area contributed by atoms with E-state index in [2.05, 4.69) is 10.3 Å². The number of carbonyl (C=O) groups is 2. The minimum Gasteiger partial charge on any atom is -0.467 e. The molecule has 2 aliphatic heterocycles. The van der Waals surface area contributed by atoms with E-state index in [0.717, 1.165) is 11.3 Å². The van der Waals surface area contributed by atoms with Crippen LogP contribution in [-0.4, -0.2) is 42.3 Å². The highest BCUT2D eigenvalue weighted by molar-refractivity contribution is 8.16. The van der Waals surface area contributed by atoms with Gasteiger partial charge in [-0.2, -0.15) is 0 Å². The lowest BCUT2D eigenvalue weighted by Gasteiger charge is -2.36. The Bertz CT molecular complexity index is 1140. The largest absolute Gasteiger partial charge is 0.467 e. The summed E-state index contributed by atoms with van der Waals surface area (Å²) in [5.41, 5.74) is 2.54. The Morgan fingerprint density at radius 3 is 2.74 bits per heavy atom. The molecule has 0 spiro atoms. The smallest absolute Gasteiger partial charge is 0.338 e. The van der Waals surface area contributed by atoms with Crippen molar-refractivity contribution in [2.24, 2.45) is 4.99 Å². The van der Waals surface area contributed by atoms with Gasteiger partial charge in [-0.25, -0.2) is 9.79 Å². The third-order valence-electron chi connectivity index (χ3n) is 5.31. The van der Waals surface area contributed by atoms with E-state index in [-0.39, 0.29) is 18.9 Å². The van der Waals surface area contributed by atoms with Gasteiger partial charge in [-0.3, -0.25) is 4.79 Å². The van der Waals surface area contributed by atoms with Gasteiger partial charge in [0.05, 0.1) is 43.1 Å². The number of nitrogens with zero attached hydrogens (tertiary/aromatic N) is 2. The van der Waals surface area contributed by atoms with Gasteiger partial charge in [0.15, 0.2) is 5.17 Å². The summed E-state index contributed by atoms with van der Waals surface area (Å²) in [5, 5.41) is 6.03. The molecule has 10 heteroatoms. The Kier molecular flexibility index (Phi) is 7.77. The Morgan fingerprint density at radius 1 is 1.24 bits per heavy atom. The van der Waals surface area contributed by atoms with Gasteiger partial charge in [0.25, 0.3) is 0 Å². The van der Waals surface area contributed by atoms with Crippen LogP contribution in [0, 0.1) is 0 Å². The van der Waals surface area contributed by atoms with E-state index in [1.54, 1.807) is 44.6 Å². The Balaban J connectivity index is 1.60. The number of hydrogen-bond donors (Lipinski definition) is 1. The number of amides is 1. The minimum atomic E-state index is -0.515. The standard InChI is InChI=1S/C24H24ClN3O5S/c1-15-21(23(30)33-11-10-31-2)22(16-5-7-17(25)8-6-16)28-18(14-34-24(28)27-15)12-20(29)26-13-19-4-3-9-32-19/h3-9,14,22H,10-13H2,1-2H3,(H,26,29)/t22-/m0/s1. The lowest BCUT2D eigenvalue weighted by Crippen LogP contribution is -2.38. The van der Waals surface area contributed by atoms with Crippen molar-refractivity contribution in [2.45, 2.75) is 25.9 Å². The molecule has 1 amide bonds. The normalized spacial score (nSPS) is 17.3. The molecule has 0 saturated heterocycles. The number of ether oxygens (including phenoxy) is 2. The number of esters is 1. The fraction of sp³-hybridized carbons (Fsp3) is 0.292. The summed E-state index contributed by atoms with van der Waals surface area (Å²) in [5.74, 6) is 0.0210. The molecular formula is C24H24ClN3O5S. The number of nitrogens with one attached hydrogen (secondary N) is 1. The number of amidine groups is 1. The molecule has 2 aromatic rings. The van der Waals surface area contributed by atoms with Crippen LogP contribution < -0.4 is 5.32 Å². The van der Waals surface area contributed by atoms with Gasteiger partial charge in [-0.1, -0.05) is 35.5 Å². The summed E-state index contributed by atoms with van der Waals surface area (Å²) in [4.78, 5) is 32.4. The predicted octanol–water partition coefficient (Wildman–Crippen LogP) is 4.40. The quantitative estimate of drug-likeness (QED) is 0.402. The van der Waals surface area contributed by atoms with Crippen LogP contribution in [0.4, 0.5) is 0 Å². The molecule has 178 valence electrons. The second-order valence-electron chi connectivity index (χ2n) is 7.61. The van der Waals surface area contributed by atoms with Crippen molar-refractivity contribution in [3.05, 3.63) is 81.4 Å². The third kappa shape index (κ3) is 5.38. The van der Waals surface area contributed by atoms with Crippen LogP contribution in [0.3, 0.4) is 0 Å². The van der Waals surface area contributed by atoms with Gasteiger partial charge < -0.3 is 24.1 Å². The second-order valence-corrected chi connectivity index (χ2v) is 8.88. The SMILES string of the molecule is COCCOC(=O)C1=C(C)N=C2SC=C(CC(=O)NCc3ccco3)N2[C@H]1c1ccc(Cl)cc1. The van der Waals surface area contributed by atoms with E-state index in [4.69, 9.17) is 25.5 Å². The number of rotatable bonds is 9. The Labute approximate surface area is 206 Å². The van der Waals surface area contributed by atoms with Crippen molar-refractivity contribution in [1.82, 2.24) is 10.2 Å². The average molecular weight is 502 g/mol. The van der Waals surface area contributed by atoms with Crippen LogP contribution in [0.2, 0.25) is 5.02 Å². The topological polar surface area (TPSA) is 93.4 Å². The van der Waals surface area contributed by atoms with Gasteiger partial charge >= 0.3 is 5.97 Å². The molecule has 0 saturated carbocycles. The number of aliphatic imine (C=N–C) groups is 1. The molecule has 1 N–H and O–H groups in total. The predicted molar refractivity (Wildman–Crippen MR) is 130 cm³/mol.